The lowest BCUT2D eigenvalue weighted by Crippen LogP contribution is -2.11. The van der Waals surface area contributed by atoms with Crippen molar-refractivity contribution < 1.29 is 9.53 Å². The van der Waals surface area contributed by atoms with Crippen LogP contribution in [0.5, 0.6) is 5.75 Å². The van der Waals surface area contributed by atoms with E-state index >= 15 is 0 Å². The van der Waals surface area contributed by atoms with E-state index in [1.807, 2.05) is 24.3 Å². The van der Waals surface area contributed by atoms with Crippen molar-refractivity contribution in [3.05, 3.63) is 63.6 Å². The Hall–Kier alpha value is -1.61. The molecule has 2 aromatic carbocycles. The van der Waals surface area contributed by atoms with E-state index in [4.69, 9.17) is 4.74 Å². The molecule has 0 heterocycles. The molecule has 3 heteroatoms. The second-order valence-electron chi connectivity index (χ2n) is 5.40. The maximum atomic E-state index is 12.1. The van der Waals surface area contributed by atoms with Gasteiger partial charge in [-0.1, -0.05) is 48.0 Å². The molecule has 0 fully saturated rings. The minimum atomic E-state index is -0.0260. The lowest BCUT2D eigenvalue weighted by atomic mass is 9.98. The molecule has 0 aliphatic carbocycles. The van der Waals surface area contributed by atoms with Gasteiger partial charge in [-0.25, -0.2) is 0 Å². The molecule has 0 saturated heterocycles. The summed E-state index contributed by atoms with van der Waals surface area (Å²) >= 11 is 3.36. The average Bonchev–Trinajstić information content (AvgIpc) is 2.44. The number of hydrogen-bond donors (Lipinski definition) is 0. The Labute approximate surface area is 134 Å². The zero-order valence-electron chi connectivity index (χ0n) is 12.5. The maximum absolute atomic E-state index is 12.1. The minimum absolute atomic E-state index is 0.0260. The fourth-order valence-electron chi connectivity index (χ4n) is 2.28. The van der Waals surface area contributed by atoms with Crippen LogP contribution in [0.15, 0.2) is 46.9 Å². The minimum Gasteiger partial charge on any atom is -0.485 e. The Bertz CT molecular complexity index is 647. The standard InChI is InChI=1S/C18H19BrO2/c1-12(2)17-8-7-16(9-13(17)3)21-11-18(20)14-5-4-6-15(19)10-14/h4-10,12H,11H2,1-3H3. The van der Waals surface area contributed by atoms with E-state index in [0.717, 1.165) is 10.2 Å². The van der Waals surface area contributed by atoms with Crippen molar-refractivity contribution in [2.24, 2.45) is 0 Å². The van der Waals surface area contributed by atoms with Crippen LogP contribution >= 0.6 is 15.9 Å². The van der Waals surface area contributed by atoms with Crippen molar-refractivity contribution in [1.29, 1.82) is 0 Å². The number of aryl methyl sites for hydroxylation is 1. The van der Waals surface area contributed by atoms with Crippen LogP contribution in [0.2, 0.25) is 0 Å². The molecule has 0 atom stereocenters. The summed E-state index contributed by atoms with van der Waals surface area (Å²) in [5, 5.41) is 0. The highest BCUT2D eigenvalue weighted by Gasteiger charge is 2.09. The number of Topliss-reactive ketones (excluding diaryl/α,β-unsaturated/α-hetero) is 1. The molecule has 0 aliphatic heterocycles. The van der Waals surface area contributed by atoms with Gasteiger partial charge in [0.1, 0.15) is 5.75 Å². The average molecular weight is 347 g/mol. The van der Waals surface area contributed by atoms with Crippen LogP contribution in [0, 0.1) is 6.92 Å². The van der Waals surface area contributed by atoms with E-state index in [-0.39, 0.29) is 12.4 Å². The highest BCUT2D eigenvalue weighted by molar-refractivity contribution is 9.10. The normalized spacial score (nSPS) is 10.7. The Morgan fingerprint density at radius 3 is 2.57 bits per heavy atom. The summed E-state index contributed by atoms with van der Waals surface area (Å²) in [4.78, 5) is 12.1. The molecule has 2 nitrogen and oxygen atoms in total. The number of ether oxygens (including phenoxy) is 1. The van der Waals surface area contributed by atoms with Crippen LogP contribution < -0.4 is 4.74 Å². The van der Waals surface area contributed by atoms with Crippen LogP contribution in [-0.4, -0.2) is 12.4 Å². The highest BCUT2D eigenvalue weighted by Crippen LogP contribution is 2.23. The van der Waals surface area contributed by atoms with E-state index in [2.05, 4.69) is 42.8 Å². The molecule has 2 rings (SSSR count). The Balaban J connectivity index is 2.03. The summed E-state index contributed by atoms with van der Waals surface area (Å²) in [7, 11) is 0. The summed E-state index contributed by atoms with van der Waals surface area (Å²) in [6.45, 7) is 6.45. The van der Waals surface area contributed by atoms with E-state index in [1.54, 1.807) is 12.1 Å². The lowest BCUT2D eigenvalue weighted by molar-refractivity contribution is 0.0921. The smallest absolute Gasteiger partial charge is 0.200 e. The molecule has 0 spiro atoms. The first kappa shape index (κ1) is 15.8. The van der Waals surface area contributed by atoms with E-state index in [1.165, 1.54) is 11.1 Å². The fourth-order valence-corrected chi connectivity index (χ4v) is 2.68. The van der Waals surface area contributed by atoms with Crippen molar-refractivity contribution in [2.45, 2.75) is 26.7 Å². The fraction of sp³-hybridized carbons (Fsp3) is 0.278. The van der Waals surface area contributed by atoms with Crippen molar-refractivity contribution in [2.75, 3.05) is 6.61 Å². The molecule has 0 aromatic heterocycles. The summed E-state index contributed by atoms with van der Waals surface area (Å²) in [5.74, 6) is 1.20. The monoisotopic (exact) mass is 346 g/mol. The molecule has 0 bridgehead atoms. The number of carbonyl (C=O) groups excluding carboxylic acids is 1. The molecule has 21 heavy (non-hydrogen) atoms. The van der Waals surface area contributed by atoms with Gasteiger partial charge >= 0.3 is 0 Å². The van der Waals surface area contributed by atoms with Crippen LogP contribution in [0.3, 0.4) is 0 Å². The van der Waals surface area contributed by atoms with Crippen molar-refractivity contribution in [3.8, 4) is 5.75 Å². The Kier molecular flexibility index (Phi) is 5.18. The van der Waals surface area contributed by atoms with Gasteiger partial charge in [-0.15, -0.1) is 0 Å². The largest absolute Gasteiger partial charge is 0.485 e. The summed E-state index contributed by atoms with van der Waals surface area (Å²) in [5.41, 5.74) is 3.15. The summed E-state index contributed by atoms with van der Waals surface area (Å²) in [6.07, 6.45) is 0. The third kappa shape index (κ3) is 4.18. The third-order valence-electron chi connectivity index (χ3n) is 3.38. The van der Waals surface area contributed by atoms with Crippen LogP contribution in [0.4, 0.5) is 0 Å². The Morgan fingerprint density at radius 1 is 1.19 bits per heavy atom. The molecular formula is C18H19BrO2. The quantitative estimate of drug-likeness (QED) is 0.700. The zero-order chi connectivity index (χ0) is 15.4. The van der Waals surface area contributed by atoms with Crippen molar-refractivity contribution in [3.63, 3.8) is 0 Å². The molecule has 0 amide bonds. The molecule has 0 saturated carbocycles. The number of hydrogen-bond acceptors (Lipinski definition) is 2. The van der Waals surface area contributed by atoms with Crippen molar-refractivity contribution in [1.82, 2.24) is 0 Å². The first-order chi connectivity index (χ1) is 9.97. The number of carbonyl (C=O) groups is 1. The van der Waals surface area contributed by atoms with Crippen LogP contribution in [0.1, 0.15) is 41.3 Å². The van der Waals surface area contributed by atoms with E-state index in [9.17, 15) is 4.79 Å². The molecule has 0 unspecified atom stereocenters. The van der Waals surface area contributed by atoms with Gasteiger partial charge in [0.05, 0.1) is 0 Å². The number of rotatable bonds is 5. The second-order valence-corrected chi connectivity index (χ2v) is 6.31. The zero-order valence-corrected chi connectivity index (χ0v) is 14.1. The van der Waals surface area contributed by atoms with Gasteiger partial charge in [-0.05, 0) is 48.2 Å². The SMILES string of the molecule is Cc1cc(OCC(=O)c2cccc(Br)c2)ccc1C(C)C. The van der Waals surface area contributed by atoms with E-state index in [0.29, 0.717) is 11.5 Å². The van der Waals surface area contributed by atoms with Gasteiger partial charge in [0.2, 0.25) is 0 Å². The van der Waals surface area contributed by atoms with Gasteiger partial charge in [-0.3, -0.25) is 4.79 Å². The topological polar surface area (TPSA) is 26.3 Å². The molecule has 0 N–H and O–H groups in total. The summed E-state index contributed by atoms with van der Waals surface area (Å²) in [6, 6.07) is 13.3. The number of halogens is 1. The van der Waals surface area contributed by atoms with E-state index < -0.39 is 0 Å². The molecule has 0 radical (unpaired) electrons. The van der Waals surface area contributed by atoms with Gasteiger partial charge < -0.3 is 4.74 Å². The van der Waals surface area contributed by atoms with Crippen LogP contribution in [-0.2, 0) is 0 Å². The molecule has 0 aliphatic rings. The van der Waals surface area contributed by atoms with Crippen molar-refractivity contribution >= 4 is 21.7 Å². The maximum Gasteiger partial charge on any atom is 0.200 e. The van der Waals surface area contributed by atoms with Crippen LogP contribution in [0.25, 0.3) is 0 Å². The predicted octanol–water partition coefficient (Wildman–Crippen LogP) is 5.14. The van der Waals surface area contributed by atoms with Gasteiger partial charge in [0, 0.05) is 10.0 Å². The van der Waals surface area contributed by atoms with Gasteiger partial charge in [0.15, 0.2) is 12.4 Å². The van der Waals surface area contributed by atoms with Gasteiger partial charge in [0.25, 0.3) is 0 Å². The molecule has 2 aromatic rings. The molecular weight excluding hydrogens is 328 g/mol. The van der Waals surface area contributed by atoms with Gasteiger partial charge in [-0.2, -0.15) is 0 Å². The third-order valence-corrected chi connectivity index (χ3v) is 3.87. The number of ketones is 1. The second kappa shape index (κ2) is 6.90. The predicted molar refractivity (Wildman–Crippen MR) is 89.2 cm³/mol. The first-order valence-electron chi connectivity index (χ1n) is 6.99. The molecule has 110 valence electrons. The first-order valence-corrected chi connectivity index (χ1v) is 7.79. The number of benzene rings is 2. The lowest BCUT2D eigenvalue weighted by Gasteiger charge is -2.12. The highest BCUT2D eigenvalue weighted by atomic mass is 79.9. The Morgan fingerprint density at radius 2 is 1.95 bits per heavy atom. The summed E-state index contributed by atoms with van der Waals surface area (Å²) < 4.78 is 6.51.